The van der Waals surface area contributed by atoms with Crippen LogP contribution in [0.4, 0.5) is 0 Å². The highest BCUT2D eigenvalue weighted by Crippen LogP contribution is 2.72. The number of benzene rings is 1. The number of carbonyl (C=O) groups is 1. The largest absolute Gasteiger partial charge is 0.346 e. The van der Waals surface area contributed by atoms with Gasteiger partial charge in [-0.15, -0.1) is 0 Å². The van der Waals surface area contributed by atoms with Crippen molar-refractivity contribution in [3.8, 4) is 0 Å². The topological polar surface area (TPSA) is 52.6 Å². The van der Waals surface area contributed by atoms with Crippen molar-refractivity contribution in [3.05, 3.63) is 35.9 Å². The van der Waals surface area contributed by atoms with Crippen LogP contribution in [0.2, 0.25) is 0 Å². The van der Waals surface area contributed by atoms with Crippen molar-refractivity contribution in [1.29, 1.82) is 0 Å². The van der Waals surface area contributed by atoms with Gasteiger partial charge in [0.1, 0.15) is 0 Å². The summed E-state index contributed by atoms with van der Waals surface area (Å²) in [4.78, 5) is 12.6. The second-order valence-electron chi connectivity index (χ2n) is 8.30. The number of Topliss-reactive ketones (excluding diaryl/α,β-unsaturated/α-hetero) is 1. The van der Waals surface area contributed by atoms with Gasteiger partial charge in [-0.25, -0.2) is 0 Å². The van der Waals surface area contributed by atoms with Crippen LogP contribution in [0.1, 0.15) is 44.0 Å². The lowest BCUT2D eigenvalue weighted by Gasteiger charge is -2.46. The van der Waals surface area contributed by atoms with Gasteiger partial charge in [0, 0.05) is 21.8 Å². The molecule has 2 saturated carbocycles. The molecule has 1 heterocycles. The van der Waals surface area contributed by atoms with Gasteiger partial charge in [0.25, 0.3) is 0 Å². The molecule has 2 aliphatic carbocycles. The van der Waals surface area contributed by atoms with Crippen molar-refractivity contribution in [3.63, 3.8) is 0 Å². The van der Waals surface area contributed by atoms with Crippen LogP contribution >= 0.6 is 0 Å². The second kappa shape index (κ2) is 5.73. The minimum absolute atomic E-state index is 0.0204. The maximum Gasteiger partial charge on any atom is 0.189 e. The van der Waals surface area contributed by atoms with E-state index in [1.165, 1.54) is 0 Å². The van der Waals surface area contributed by atoms with E-state index in [1.54, 1.807) is 12.1 Å². The predicted octanol–water partition coefficient (Wildman–Crippen LogP) is 3.19. The lowest BCUT2D eigenvalue weighted by atomic mass is 9.68. The summed E-state index contributed by atoms with van der Waals surface area (Å²) in [6.07, 6.45) is 2.04. The van der Waals surface area contributed by atoms with Crippen molar-refractivity contribution in [2.45, 2.75) is 44.6 Å². The first-order chi connectivity index (χ1) is 11.8. The summed E-state index contributed by atoms with van der Waals surface area (Å²) in [5.74, 6) is -0.592. The van der Waals surface area contributed by atoms with Gasteiger partial charge in [-0.2, -0.15) is 0 Å². The summed E-state index contributed by atoms with van der Waals surface area (Å²) < 4.78 is 25.7. The van der Waals surface area contributed by atoms with Crippen molar-refractivity contribution in [2.75, 3.05) is 19.0 Å². The molecule has 25 heavy (non-hydrogen) atoms. The molecule has 2 bridgehead atoms. The third kappa shape index (κ3) is 2.18. The SMILES string of the molecule is CC1(C)[C@@H]2CC[C@@]1(C)C1(OCCO1)[C@H]2[S@](=O)CC(=O)c1ccccc1. The zero-order chi connectivity index (χ0) is 17.9. The first-order valence-corrected chi connectivity index (χ1v) is 10.4. The number of fused-ring (bicyclic) bond motifs is 3. The molecule has 0 N–H and O–H groups in total. The highest BCUT2D eigenvalue weighted by atomic mass is 32.2. The molecule has 1 aliphatic heterocycles. The predicted molar refractivity (Wildman–Crippen MR) is 96.8 cm³/mol. The average molecular weight is 362 g/mol. The van der Waals surface area contributed by atoms with E-state index < -0.39 is 16.6 Å². The maximum absolute atomic E-state index is 13.3. The van der Waals surface area contributed by atoms with Gasteiger partial charge in [0.05, 0.1) is 24.2 Å². The van der Waals surface area contributed by atoms with Gasteiger partial charge in [-0.3, -0.25) is 9.00 Å². The van der Waals surface area contributed by atoms with Crippen LogP contribution in [-0.4, -0.2) is 40.0 Å². The van der Waals surface area contributed by atoms with E-state index in [0.29, 0.717) is 18.8 Å². The third-order valence-corrected chi connectivity index (χ3v) is 8.93. The first-order valence-electron chi connectivity index (χ1n) is 9.07. The number of carbonyl (C=O) groups excluding carboxylic acids is 1. The first kappa shape index (κ1) is 17.4. The van der Waals surface area contributed by atoms with E-state index in [2.05, 4.69) is 20.8 Å². The number of ketones is 1. The van der Waals surface area contributed by atoms with Crippen molar-refractivity contribution in [1.82, 2.24) is 0 Å². The summed E-state index contributed by atoms with van der Waals surface area (Å²) in [6, 6.07) is 9.11. The van der Waals surface area contributed by atoms with Crippen LogP contribution in [0.5, 0.6) is 0 Å². The molecule has 1 spiro atoms. The summed E-state index contributed by atoms with van der Waals surface area (Å²) in [7, 11) is -1.33. The summed E-state index contributed by atoms with van der Waals surface area (Å²) >= 11 is 0. The zero-order valence-electron chi connectivity index (χ0n) is 15.1. The number of hydrogen-bond donors (Lipinski definition) is 0. The van der Waals surface area contributed by atoms with Crippen molar-refractivity contribution >= 4 is 16.6 Å². The van der Waals surface area contributed by atoms with Gasteiger partial charge in [0.15, 0.2) is 11.6 Å². The average Bonchev–Trinajstić information content (AvgIpc) is 3.19. The smallest absolute Gasteiger partial charge is 0.189 e. The van der Waals surface area contributed by atoms with E-state index in [4.69, 9.17) is 9.47 Å². The standard InChI is InChI=1S/C20H26O4S/c1-18(2)15-9-10-19(18,3)20(23-11-12-24-20)17(15)25(22)13-16(21)14-7-5-4-6-8-14/h4-8,15,17H,9-13H2,1-3H3/t15-,17+,19-,25-/m1/s1. The number of ether oxygens (including phenoxy) is 2. The molecule has 0 unspecified atom stereocenters. The summed E-state index contributed by atoms with van der Waals surface area (Å²) in [5.41, 5.74) is 0.428. The molecule has 5 heteroatoms. The molecule has 4 nitrogen and oxygen atoms in total. The van der Waals surface area contributed by atoms with E-state index in [0.717, 1.165) is 12.8 Å². The molecule has 136 valence electrons. The van der Waals surface area contributed by atoms with Crippen LogP contribution in [0, 0.1) is 16.7 Å². The Labute approximate surface area is 151 Å². The summed E-state index contributed by atoms with van der Waals surface area (Å²) in [6.45, 7) is 7.79. The Hall–Kier alpha value is -1.04. The Kier molecular flexibility index (Phi) is 3.98. The Morgan fingerprint density at radius 2 is 1.80 bits per heavy atom. The Morgan fingerprint density at radius 1 is 1.16 bits per heavy atom. The lowest BCUT2D eigenvalue weighted by Crippen LogP contribution is -2.56. The van der Waals surface area contributed by atoms with Gasteiger partial charge in [-0.1, -0.05) is 51.1 Å². The van der Waals surface area contributed by atoms with E-state index in [1.807, 2.05) is 18.2 Å². The van der Waals surface area contributed by atoms with Crippen LogP contribution in [0.3, 0.4) is 0 Å². The Balaban J connectivity index is 1.65. The van der Waals surface area contributed by atoms with Crippen LogP contribution in [0.25, 0.3) is 0 Å². The minimum Gasteiger partial charge on any atom is -0.346 e. The molecule has 3 fully saturated rings. The fraction of sp³-hybridized carbons (Fsp3) is 0.650. The van der Waals surface area contributed by atoms with Crippen LogP contribution < -0.4 is 0 Å². The molecule has 0 aromatic heterocycles. The van der Waals surface area contributed by atoms with E-state index in [-0.39, 0.29) is 33.5 Å². The van der Waals surface area contributed by atoms with Crippen molar-refractivity contribution < 1.29 is 18.5 Å². The Bertz CT molecular complexity index is 708. The second-order valence-corrected chi connectivity index (χ2v) is 9.86. The third-order valence-electron chi connectivity index (χ3n) is 7.18. The fourth-order valence-electron chi connectivity index (χ4n) is 5.46. The highest BCUT2D eigenvalue weighted by molar-refractivity contribution is 7.86. The number of hydrogen-bond acceptors (Lipinski definition) is 4. The highest BCUT2D eigenvalue weighted by Gasteiger charge is 2.77. The van der Waals surface area contributed by atoms with Gasteiger partial charge < -0.3 is 9.47 Å². The normalized spacial score (nSPS) is 36.0. The molecule has 4 rings (SSSR count). The quantitative estimate of drug-likeness (QED) is 0.772. The Morgan fingerprint density at radius 3 is 2.44 bits per heavy atom. The molecular formula is C20H26O4S. The maximum atomic E-state index is 13.3. The molecule has 0 amide bonds. The van der Waals surface area contributed by atoms with Gasteiger partial charge in [-0.05, 0) is 24.2 Å². The van der Waals surface area contributed by atoms with E-state index in [9.17, 15) is 9.00 Å². The van der Waals surface area contributed by atoms with Crippen LogP contribution in [-0.2, 0) is 20.3 Å². The van der Waals surface area contributed by atoms with Crippen molar-refractivity contribution in [2.24, 2.45) is 16.7 Å². The number of rotatable bonds is 4. The monoisotopic (exact) mass is 362 g/mol. The summed E-state index contributed by atoms with van der Waals surface area (Å²) in [5, 5.41) is -0.239. The molecular weight excluding hydrogens is 336 g/mol. The minimum atomic E-state index is -1.33. The molecule has 1 saturated heterocycles. The molecule has 4 atom stereocenters. The molecule has 0 radical (unpaired) electrons. The zero-order valence-corrected chi connectivity index (χ0v) is 15.9. The van der Waals surface area contributed by atoms with Crippen LogP contribution in [0.15, 0.2) is 30.3 Å². The van der Waals surface area contributed by atoms with E-state index >= 15 is 0 Å². The van der Waals surface area contributed by atoms with Gasteiger partial charge >= 0.3 is 0 Å². The molecule has 1 aromatic rings. The fourth-order valence-corrected chi connectivity index (χ4v) is 7.65. The van der Waals surface area contributed by atoms with Gasteiger partial charge in [0.2, 0.25) is 0 Å². The molecule has 3 aliphatic rings. The lowest BCUT2D eigenvalue weighted by molar-refractivity contribution is -0.233. The molecule has 1 aromatic carbocycles.